The lowest BCUT2D eigenvalue weighted by Crippen LogP contribution is -2.47. The van der Waals surface area contributed by atoms with E-state index in [2.05, 4.69) is 18.8 Å². The maximum atomic E-state index is 12.0. The molecular weight excluding hydrogens is 290 g/mol. The van der Waals surface area contributed by atoms with Gasteiger partial charge in [-0.1, -0.05) is 26.2 Å². The molecule has 1 rings (SSSR count). The Labute approximate surface area is 141 Å². The fourth-order valence-corrected chi connectivity index (χ4v) is 2.56. The van der Waals surface area contributed by atoms with E-state index in [1.165, 1.54) is 19.3 Å². The number of unbranched alkanes of at least 4 members (excludes halogenated alkanes) is 4. The molecule has 0 unspecified atom stereocenters. The summed E-state index contributed by atoms with van der Waals surface area (Å²) in [5.74, 6) is 6.29. The summed E-state index contributed by atoms with van der Waals surface area (Å²) >= 11 is 0. The SMILES string of the molecule is CCCCCCC#CCC1(O)CCN(C(=O)OC(C)(C)C)CC1. The molecule has 0 aliphatic carbocycles. The van der Waals surface area contributed by atoms with Gasteiger partial charge in [0, 0.05) is 25.9 Å². The van der Waals surface area contributed by atoms with E-state index in [0.29, 0.717) is 32.4 Å². The van der Waals surface area contributed by atoms with Crippen LogP contribution in [-0.4, -0.2) is 40.4 Å². The maximum Gasteiger partial charge on any atom is 0.410 e. The molecule has 132 valence electrons. The first-order valence-corrected chi connectivity index (χ1v) is 8.92. The minimum Gasteiger partial charge on any atom is -0.444 e. The molecule has 1 fully saturated rings. The van der Waals surface area contributed by atoms with Crippen LogP contribution < -0.4 is 0 Å². The topological polar surface area (TPSA) is 49.8 Å². The molecule has 0 radical (unpaired) electrons. The Bertz CT molecular complexity index is 420. The smallest absolute Gasteiger partial charge is 0.410 e. The molecule has 0 spiro atoms. The van der Waals surface area contributed by atoms with Gasteiger partial charge in [-0.2, -0.15) is 0 Å². The molecule has 1 saturated heterocycles. The lowest BCUT2D eigenvalue weighted by Gasteiger charge is -2.37. The maximum absolute atomic E-state index is 12.0. The van der Waals surface area contributed by atoms with Crippen molar-refractivity contribution in [1.82, 2.24) is 4.90 Å². The fraction of sp³-hybridized carbons (Fsp3) is 0.842. The Morgan fingerprint density at radius 1 is 1.17 bits per heavy atom. The summed E-state index contributed by atoms with van der Waals surface area (Å²) in [7, 11) is 0. The number of hydrogen-bond acceptors (Lipinski definition) is 3. The first-order chi connectivity index (χ1) is 10.8. The normalized spacial score (nSPS) is 17.3. The van der Waals surface area contributed by atoms with Crippen molar-refractivity contribution in [2.45, 2.75) is 90.3 Å². The molecule has 0 aromatic heterocycles. The molecule has 1 aliphatic rings. The molecule has 0 atom stereocenters. The number of hydrogen-bond donors (Lipinski definition) is 1. The van der Waals surface area contributed by atoms with E-state index in [9.17, 15) is 9.90 Å². The van der Waals surface area contributed by atoms with E-state index in [4.69, 9.17) is 4.74 Å². The van der Waals surface area contributed by atoms with Gasteiger partial charge in [0.1, 0.15) is 5.60 Å². The van der Waals surface area contributed by atoms with Gasteiger partial charge >= 0.3 is 6.09 Å². The summed E-state index contributed by atoms with van der Waals surface area (Å²) in [6, 6.07) is 0. The highest BCUT2D eigenvalue weighted by molar-refractivity contribution is 5.68. The monoisotopic (exact) mass is 323 g/mol. The molecule has 1 N–H and O–H groups in total. The molecule has 0 aromatic rings. The van der Waals surface area contributed by atoms with Crippen molar-refractivity contribution in [3.8, 4) is 11.8 Å². The zero-order chi connectivity index (χ0) is 17.3. The average Bonchev–Trinajstić information content (AvgIpc) is 2.45. The molecule has 0 aromatic carbocycles. The average molecular weight is 323 g/mol. The Balaban J connectivity index is 2.31. The van der Waals surface area contributed by atoms with Crippen molar-refractivity contribution in [2.24, 2.45) is 0 Å². The Kier molecular flexibility index (Phi) is 7.91. The summed E-state index contributed by atoms with van der Waals surface area (Å²) in [5.41, 5.74) is -1.23. The van der Waals surface area contributed by atoms with Gasteiger partial charge < -0.3 is 14.7 Å². The van der Waals surface area contributed by atoms with Crippen LogP contribution in [0.2, 0.25) is 0 Å². The first kappa shape index (κ1) is 19.8. The predicted octanol–water partition coefficient (Wildman–Crippen LogP) is 4.11. The van der Waals surface area contributed by atoms with Crippen molar-refractivity contribution >= 4 is 6.09 Å². The van der Waals surface area contributed by atoms with E-state index in [-0.39, 0.29) is 6.09 Å². The quantitative estimate of drug-likeness (QED) is 0.612. The second-order valence-corrected chi connectivity index (χ2v) is 7.53. The van der Waals surface area contributed by atoms with Gasteiger partial charge in [-0.3, -0.25) is 0 Å². The third-order valence-electron chi connectivity index (χ3n) is 4.04. The molecule has 0 bridgehead atoms. The Hall–Kier alpha value is -1.21. The van der Waals surface area contributed by atoms with Crippen LogP contribution in [0.3, 0.4) is 0 Å². The molecule has 1 heterocycles. The number of carbonyl (C=O) groups is 1. The Morgan fingerprint density at radius 3 is 2.39 bits per heavy atom. The van der Waals surface area contributed by atoms with E-state index in [1.54, 1.807) is 4.90 Å². The van der Waals surface area contributed by atoms with Crippen molar-refractivity contribution in [3.05, 3.63) is 0 Å². The van der Waals surface area contributed by atoms with Crippen molar-refractivity contribution in [1.29, 1.82) is 0 Å². The molecule has 23 heavy (non-hydrogen) atoms. The van der Waals surface area contributed by atoms with Gasteiger partial charge in [-0.15, -0.1) is 11.8 Å². The van der Waals surface area contributed by atoms with Crippen molar-refractivity contribution < 1.29 is 14.6 Å². The first-order valence-electron chi connectivity index (χ1n) is 8.92. The Morgan fingerprint density at radius 2 is 1.83 bits per heavy atom. The highest BCUT2D eigenvalue weighted by Gasteiger charge is 2.34. The minimum absolute atomic E-state index is 0.290. The number of aliphatic hydroxyl groups is 1. The van der Waals surface area contributed by atoms with Crippen LogP contribution in [0, 0.1) is 11.8 Å². The zero-order valence-electron chi connectivity index (χ0n) is 15.3. The van der Waals surface area contributed by atoms with Crippen molar-refractivity contribution in [3.63, 3.8) is 0 Å². The van der Waals surface area contributed by atoms with E-state index >= 15 is 0 Å². The van der Waals surface area contributed by atoms with Crippen molar-refractivity contribution in [2.75, 3.05) is 13.1 Å². The number of nitrogens with zero attached hydrogens (tertiary/aromatic N) is 1. The van der Waals surface area contributed by atoms with Crippen LogP contribution in [-0.2, 0) is 4.74 Å². The summed E-state index contributed by atoms with van der Waals surface area (Å²) in [6.45, 7) is 8.85. The lowest BCUT2D eigenvalue weighted by atomic mass is 9.88. The summed E-state index contributed by atoms with van der Waals surface area (Å²) in [4.78, 5) is 13.7. The van der Waals surface area contributed by atoms with E-state index in [0.717, 1.165) is 12.8 Å². The number of carbonyl (C=O) groups excluding carboxylic acids is 1. The van der Waals surface area contributed by atoms with Crippen LogP contribution in [0.15, 0.2) is 0 Å². The van der Waals surface area contributed by atoms with Gasteiger partial charge in [0.05, 0.1) is 5.60 Å². The van der Waals surface area contributed by atoms with Crippen LogP contribution >= 0.6 is 0 Å². The molecule has 4 nitrogen and oxygen atoms in total. The lowest BCUT2D eigenvalue weighted by molar-refractivity contribution is -0.0289. The van der Waals surface area contributed by atoms with Gasteiger partial charge in [-0.25, -0.2) is 4.79 Å². The van der Waals surface area contributed by atoms with Gasteiger partial charge in [-0.05, 0) is 40.0 Å². The number of ether oxygens (including phenoxy) is 1. The summed E-state index contributed by atoms with van der Waals surface area (Å²) in [5, 5.41) is 10.6. The van der Waals surface area contributed by atoms with E-state index < -0.39 is 11.2 Å². The highest BCUT2D eigenvalue weighted by Crippen LogP contribution is 2.26. The largest absolute Gasteiger partial charge is 0.444 e. The van der Waals surface area contributed by atoms with Crippen LogP contribution in [0.4, 0.5) is 4.79 Å². The second kappa shape index (κ2) is 9.17. The summed E-state index contributed by atoms with van der Waals surface area (Å²) < 4.78 is 5.37. The number of likely N-dealkylation sites (tertiary alicyclic amines) is 1. The van der Waals surface area contributed by atoms with E-state index in [1.807, 2.05) is 20.8 Å². The molecule has 1 amide bonds. The molecule has 4 heteroatoms. The third kappa shape index (κ3) is 8.27. The summed E-state index contributed by atoms with van der Waals surface area (Å²) in [6.07, 6.45) is 7.15. The third-order valence-corrected chi connectivity index (χ3v) is 4.04. The fourth-order valence-electron chi connectivity index (χ4n) is 2.56. The van der Waals surface area contributed by atoms with Gasteiger partial charge in [0.15, 0.2) is 0 Å². The molecule has 0 saturated carbocycles. The molecular formula is C19H33NO3. The van der Waals surface area contributed by atoms with Gasteiger partial charge in [0.2, 0.25) is 0 Å². The van der Waals surface area contributed by atoms with Crippen LogP contribution in [0.25, 0.3) is 0 Å². The van der Waals surface area contributed by atoms with Crippen LogP contribution in [0.5, 0.6) is 0 Å². The number of amides is 1. The van der Waals surface area contributed by atoms with Gasteiger partial charge in [0.25, 0.3) is 0 Å². The minimum atomic E-state index is -0.755. The highest BCUT2D eigenvalue weighted by atomic mass is 16.6. The second-order valence-electron chi connectivity index (χ2n) is 7.53. The molecule has 1 aliphatic heterocycles. The zero-order valence-corrected chi connectivity index (χ0v) is 15.3. The number of piperidine rings is 1. The van der Waals surface area contributed by atoms with Crippen LogP contribution in [0.1, 0.15) is 79.1 Å². The standard InChI is InChI=1S/C19H33NO3/c1-5-6-7-8-9-10-11-12-19(22)13-15-20(16-14-19)17(21)23-18(2,3)4/h22H,5-9,12-16H2,1-4H3. The predicted molar refractivity (Wildman–Crippen MR) is 93.1 cm³/mol. The number of rotatable bonds is 5.